The molecule has 2 rings (SSSR count). The van der Waals surface area contributed by atoms with Gasteiger partial charge in [0.05, 0.1) is 15.7 Å². The summed E-state index contributed by atoms with van der Waals surface area (Å²) in [5.41, 5.74) is 2.04. The Balaban J connectivity index is 2.21. The first-order chi connectivity index (χ1) is 8.99. The summed E-state index contributed by atoms with van der Waals surface area (Å²) in [6, 6.07) is 12.3. The van der Waals surface area contributed by atoms with Crippen LogP contribution < -0.4 is 5.32 Å². The summed E-state index contributed by atoms with van der Waals surface area (Å²) < 4.78 is 2.02. The van der Waals surface area contributed by atoms with Crippen molar-refractivity contribution in [2.24, 2.45) is 0 Å². The van der Waals surface area contributed by atoms with E-state index >= 15 is 0 Å². The standard InChI is InChI=1S/C14H11BrCl2IN/c1-8(9-2-4-10(18)5-3-9)19-12-7-6-11(15)13(16)14(12)17/h2-8,19H,1H3. The van der Waals surface area contributed by atoms with Gasteiger partial charge in [0, 0.05) is 14.1 Å². The molecule has 0 saturated heterocycles. The van der Waals surface area contributed by atoms with Gasteiger partial charge in [-0.1, -0.05) is 35.3 Å². The van der Waals surface area contributed by atoms with Crippen LogP contribution in [0, 0.1) is 3.57 Å². The Labute approximate surface area is 145 Å². The summed E-state index contributed by atoms with van der Waals surface area (Å²) in [5, 5.41) is 4.44. The summed E-state index contributed by atoms with van der Waals surface area (Å²) in [5.74, 6) is 0. The summed E-state index contributed by atoms with van der Waals surface area (Å²) >= 11 is 18.0. The molecular formula is C14H11BrCl2IN. The Morgan fingerprint density at radius 2 is 1.68 bits per heavy atom. The molecule has 0 amide bonds. The number of halogens is 4. The Morgan fingerprint density at radius 3 is 2.32 bits per heavy atom. The molecule has 1 nitrogen and oxygen atoms in total. The molecule has 0 radical (unpaired) electrons. The van der Waals surface area contributed by atoms with Gasteiger partial charge in [-0.25, -0.2) is 0 Å². The molecule has 0 bridgehead atoms. The van der Waals surface area contributed by atoms with Crippen LogP contribution >= 0.6 is 61.7 Å². The topological polar surface area (TPSA) is 12.0 Å². The number of anilines is 1. The first kappa shape index (κ1) is 15.4. The summed E-state index contributed by atoms with van der Waals surface area (Å²) in [7, 11) is 0. The van der Waals surface area contributed by atoms with Gasteiger partial charge in [-0.2, -0.15) is 0 Å². The van der Waals surface area contributed by atoms with E-state index in [1.165, 1.54) is 9.13 Å². The second-order valence-corrected chi connectivity index (χ2v) is 7.00. The third kappa shape index (κ3) is 3.78. The van der Waals surface area contributed by atoms with Gasteiger partial charge >= 0.3 is 0 Å². The maximum absolute atomic E-state index is 6.23. The zero-order chi connectivity index (χ0) is 14.0. The Morgan fingerprint density at radius 1 is 1.05 bits per heavy atom. The lowest BCUT2D eigenvalue weighted by Gasteiger charge is -2.17. The molecule has 1 N–H and O–H groups in total. The maximum Gasteiger partial charge on any atom is 0.0835 e. The quantitative estimate of drug-likeness (QED) is 0.397. The molecule has 5 heteroatoms. The van der Waals surface area contributed by atoms with Gasteiger partial charge in [0.2, 0.25) is 0 Å². The van der Waals surface area contributed by atoms with Gasteiger partial charge in [0.15, 0.2) is 0 Å². The zero-order valence-corrected chi connectivity index (χ0v) is 15.3. The van der Waals surface area contributed by atoms with Crippen molar-refractivity contribution < 1.29 is 0 Å². The number of rotatable bonds is 3. The molecule has 0 aliphatic heterocycles. The number of hydrogen-bond donors (Lipinski definition) is 1. The van der Waals surface area contributed by atoms with Crippen molar-refractivity contribution in [3.8, 4) is 0 Å². The molecule has 0 saturated carbocycles. The predicted octanol–water partition coefficient (Wildman–Crippen LogP) is 6.53. The van der Waals surface area contributed by atoms with Crippen LogP contribution in [0.2, 0.25) is 10.0 Å². The van der Waals surface area contributed by atoms with Crippen LogP contribution in [0.3, 0.4) is 0 Å². The van der Waals surface area contributed by atoms with Gasteiger partial charge < -0.3 is 5.32 Å². The van der Waals surface area contributed by atoms with E-state index in [-0.39, 0.29) is 6.04 Å². The largest absolute Gasteiger partial charge is 0.377 e. The van der Waals surface area contributed by atoms with Crippen molar-refractivity contribution in [1.29, 1.82) is 0 Å². The minimum absolute atomic E-state index is 0.159. The minimum Gasteiger partial charge on any atom is -0.377 e. The lowest BCUT2D eigenvalue weighted by Crippen LogP contribution is -2.07. The second kappa shape index (κ2) is 6.66. The molecule has 0 spiro atoms. The Hall–Kier alpha value is 0.0300. The van der Waals surface area contributed by atoms with Crippen LogP contribution in [0.5, 0.6) is 0 Å². The molecule has 1 unspecified atom stereocenters. The van der Waals surface area contributed by atoms with Crippen LogP contribution in [0.15, 0.2) is 40.9 Å². The van der Waals surface area contributed by atoms with Gasteiger partial charge in [-0.3, -0.25) is 0 Å². The highest BCUT2D eigenvalue weighted by atomic mass is 127. The average molecular weight is 471 g/mol. The maximum atomic E-state index is 6.23. The Bertz CT molecular complexity index is 587. The van der Waals surface area contributed by atoms with Crippen LogP contribution in [0.4, 0.5) is 5.69 Å². The third-order valence-corrected chi connectivity index (χ3v) is 5.27. The SMILES string of the molecule is CC(Nc1ccc(Br)c(Cl)c1Cl)c1ccc(I)cc1. The van der Waals surface area contributed by atoms with E-state index in [2.05, 4.69) is 75.0 Å². The molecule has 0 aliphatic rings. The fourth-order valence-corrected chi connectivity index (χ4v) is 2.89. The molecule has 0 aromatic heterocycles. The lowest BCUT2D eigenvalue weighted by molar-refractivity contribution is 0.884. The highest BCUT2D eigenvalue weighted by Crippen LogP contribution is 2.37. The highest BCUT2D eigenvalue weighted by Gasteiger charge is 2.11. The van der Waals surface area contributed by atoms with E-state index in [1.54, 1.807) is 0 Å². The van der Waals surface area contributed by atoms with Crippen molar-refractivity contribution >= 4 is 67.4 Å². The molecule has 2 aromatic rings. The molecule has 1 atom stereocenters. The molecular weight excluding hydrogens is 460 g/mol. The van der Waals surface area contributed by atoms with Crippen LogP contribution in [-0.4, -0.2) is 0 Å². The van der Waals surface area contributed by atoms with Gasteiger partial charge in [0.1, 0.15) is 0 Å². The van der Waals surface area contributed by atoms with Gasteiger partial charge in [0.25, 0.3) is 0 Å². The van der Waals surface area contributed by atoms with Crippen molar-refractivity contribution in [2.75, 3.05) is 5.32 Å². The Kier molecular flexibility index (Phi) is 5.40. The fourth-order valence-electron chi connectivity index (χ4n) is 1.71. The lowest BCUT2D eigenvalue weighted by atomic mass is 10.1. The van der Waals surface area contributed by atoms with E-state index in [1.807, 2.05) is 12.1 Å². The van der Waals surface area contributed by atoms with Crippen LogP contribution in [0.25, 0.3) is 0 Å². The van der Waals surface area contributed by atoms with E-state index in [0.29, 0.717) is 10.0 Å². The highest BCUT2D eigenvalue weighted by molar-refractivity contribution is 14.1. The second-order valence-electron chi connectivity index (χ2n) is 4.14. The van der Waals surface area contributed by atoms with Gasteiger partial charge in [-0.15, -0.1) is 0 Å². The third-order valence-electron chi connectivity index (χ3n) is 2.78. The van der Waals surface area contributed by atoms with Crippen molar-refractivity contribution in [3.63, 3.8) is 0 Å². The minimum atomic E-state index is 0.159. The van der Waals surface area contributed by atoms with Crippen molar-refractivity contribution in [2.45, 2.75) is 13.0 Å². The van der Waals surface area contributed by atoms with Gasteiger partial charge in [-0.05, 0) is 75.3 Å². The smallest absolute Gasteiger partial charge is 0.0835 e. The van der Waals surface area contributed by atoms with E-state index in [0.717, 1.165) is 10.2 Å². The fraction of sp³-hybridized carbons (Fsp3) is 0.143. The van der Waals surface area contributed by atoms with Crippen molar-refractivity contribution in [3.05, 3.63) is 60.0 Å². The number of benzene rings is 2. The molecule has 0 heterocycles. The molecule has 100 valence electrons. The number of nitrogens with one attached hydrogen (secondary N) is 1. The first-order valence-corrected chi connectivity index (χ1v) is 8.27. The zero-order valence-electron chi connectivity index (χ0n) is 10.1. The molecule has 2 aromatic carbocycles. The first-order valence-electron chi connectivity index (χ1n) is 5.64. The average Bonchev–Trinajstić information content (AvgIpc) is 2.40. The molecule has 0 fully saturated rings. The monoisotopic (exact) mass is 469 g/mol. The molecule has 19 heavy (non-hydrogen) atoms. The van der Waals surface area contributed by atoms with E-state index in [9.17, 15) is 0 Å². The predicted molar refractivity (Wildman–Crippen MR) is 95.4 cm³/mol. The van der Waals surface area contributed by atoms with Crippen LogP contribution in [0.1, 0.15) is 18.5 Å². The molecule has 0 aliphatic carbocycles. The normalized spacial score (nSPS) is 12.3. The summed E-state index contributed by atoms with van der Waals surface area (Å²) in [6.07, 6.45) is 0. The van der Waals surface area contributed by atoms with Crippen LogP contribution in [-0.2, 0) is 0 Å². The van der Waals surface area contributed by atoms with Crippen molar-refractivity contribution in [1.82, 2.24) is 0 Å². The summed E-state index contributed by atoms with van der Waals surface area (Å²) in [6.45, 7) is 2.09. The van der Waals surface area contributed by atoms with E-state index in [4.69, 9.17) is 23.2 Å². The summed E-state index contributed by atoms with van der Waals surface area (Å²) in [4.78, 5) is 0. The number of hydrogen-bond acceptors (Lipinski definition) is 1. The van der Waals surface area contributed by atoms with E-state index < -0.39 is 0 Å².